The maximum Gasteiger partial charge on any atom is 0.128 e. The van der Waals surface area contributed by atoms with Gasteiger partial charge < -0.3 is 16.0 Å². The maximum atomic E-state index is 5.55. The third-order valence-corrected chi connectivity index (χ3v) is 2.44. The normalized spacial score (nSPS) is 17.1. The lowest BCUT2D eigenvalue weighted by molar-refractivity contribution is 0.584. The van der Waals surface area contributed by atoms with E-state index in [2.05, 4.69) is 15.2 Å². The molecule has 0 unspecified atom stereocenters. The second kappa shape index (κ2) is 4.39. The van der Waals surface area contributed by atoms with Crippen LogP contribution in [0.25, 0.3) is 0 Å². The monoisotopic (exact) mass is 192 g/mol. The van der Waals surface area contributed by atoms with E-state index in [9.17, 15) is 0 Å². The van der Waals surface area contributed by atoms with Gasteiger partial charge in [0.05, 0.1) is 5.69 Å². The van der Waals surface area contributed by atoms with Crippen LogP contribution < -0.4 is 16.0 Å². The van der Waals surface area contributed by atoms with Crippen molar-refractivity contribution in [3.8, 4) is 0 Å². The second-order valence-corrected chi connectivity index (χ2v) is 3.43. The fourth-order valence-electron chi connectivity index (χ4n) is 1.65. The number of nitrogens with zero attached hydrogens (tertiary/aromatic N) is 2. The number of rotatable bonds is 2. The maximum absolute atomic E-state index is 5.55. The number of aromatic nitrogens is 1. The van der Waals surface area contributed by atoms with Crippen molar-refractivity contribution in [3.05, 3.63) is 23.9 Å². The van der Waals surface area contributed by atoms with E-state index in [-0.39, 0.29) is 0 Å². The van der Waals surface area contributed by atoms with Crippen LogP contribution in [0.15, 0.2) is 18.2 Å². The molecule has 0 radical (unpaired) electrons. The Morgan fingerprint density at radius 3 is 2.86 bits per heavy atom. The SMILES string of the molecule is NCc1cccc(N2CCNCC2)n1. The molecule has 0 amide bonds. The first-order valence-corrected chi connectivity index (χ1v) is 5.02. The Hall–Kier alpha value is -1.13. The first-order chi connectivity index (χ1) is 6.90. The number of nitrogens with one attached hydrogen (secondary N) is 1. The largest absolute Gasteiger partial charge is 0.354 e. The molecule has 0 aromatic carbocycles. The summed E-state index contributed by atoms with van der Waals surface area (Å²) in [6, 6.07) is 6.03. The summed E-state index contributed by atoms with van der Waals surface area (Å²) in [7, 11) is 0. The van der Waals surface area contributed by atoms with Crippen LogP contribution in [0, 0.1) is 0 Å². The molecule has 0 bridgehead atoms. The van der Waals surface area contributed by atoms with Gasteiger partial charge in [-0.2, -0.15) is 0 Å². The summed E-state index contributed by atoms with van der Waals surface area (Å²) in [5.41, 5.74) is 6.51. The molecule has 4 nitrogen and oxygen atoms in total. The van der Waals surface area contributed by atoms with E-state index in [1.807, 2.05) is 18.2 Å². The molecule has 3 N–H and O–H groups in total. The zero-order chi connectivity index (χ0) is 9.80. The number of nitrogens with two attached hydrogens (primary N) is 1. The van der Waals surface area contributed by atoms with Crippen molar-refractivity contribution >= 4 is 5.82 Å². The summed E-state index contributed by atoms with van der Waals surface area (Å²) < 4.78 is 0. The number of hydrogen-bond acceptors (Lipinski definition) is 4. The molecule has 2 rings (SSSR count). The van der Waals surface area contributed by atoms with Crippen LogP contribution in [-0.2, 0) is 6.54 Å². The van der Waals surface area contributed by atoms with Gasteiger partial charge in [0.15, 0.2) is 0 Å². The van der Waals surface area contributed by atoms with Crippen LogP contribution >= 0.6 is 0 Å². The van der Waals surface area contributed by atoms with Crippen LogP contribution in [-0.4, -0.2) is 31.2 Å². The molecule has 1 fully saturated rings. The molecule has 1 saturated heterocycles. The summed E-state index contributed by atoms with van der Waals surface area (Å²) in [4.78, 5) is 6.78. The van der Waals surface area contributed by atoms with Crippen molar-refractivity contribution in [2.75, 3.05) is 31.1 Å². The van der Waals surface area contributed by atoms with Gasteiger partial charge in [0, 0.05) is 32.7 Å². The van der Waals surface area contributed by atoms with Gasteiger partial charge in [-0.15, -0.1) is 0 Å². The van der Waals surface area contributed by atoms with E-state index in [1.165, 1.54) is 0 Å². The second-order valence-electron chi connectivity index (χ2n) is 3.43. The third kappa shape index (κ3) is 2.02. The number of piperazine rings is 1. The summed E-state index contributed by atoms with van der Waals surface area (Å²) >= 11 is 0. The fourth-order valence-corrected chi connectivity index (χ4v) is 1.65. The van der Waals surface area contributed by atoms with Crippen LogP contribution in [0.2, 0.25) is 0 Å². The summed E-state index contributed by atoms with van der Waals surface area (Å²) in [6.45, 7) is 4.64. The average molecular weight is 192 g/mol. The van der Waals surface area contributed by atoms with Crippen molar-refractivity contribution in [2.24, 2.45) is 5.73 Å². The minimum absolute atomic E-state index is 0.514. The van der Waals surface area contributed by atoms with E-state index in [0.717, 1.165) is 37.7 Å². The predicted octanol–water partition coefficient (Wildman–Crippen LogP) is -0.0501. The van der Waals surface area contributed by atoms with Crippen molar-refractivity contribution in [3.63, 3.8) is 0 Å². The van der Waals surface area contributed by atoms with Gasteiger partial charge in [0.2, 0.25) is 0 Å². The van der Waals surface area contributed by atoms with Crippen molar-refractivity contribution < 1.29 is 0 Å². The Bertz CT molecular complexity index is 294. The highest BCUT2D eigenvalue weighted by Crippen LogP contribution is 2.11. The smallest absolute Gasteiger partial charge is 0.128 e. The first kappa shape index (κ1) is 9.43. The van der Waals surface area contributed by atoms with Crippen LogP contribution in [0.1, 0.15) is 5.69 Å². The van der Waals surface area contributed by atoms with Crippen molar-refractivity contribution in [1.29, 1.82) is 0 Å². The molecule has 1 aromatic heterocycles. The quantitative estimate of drug-likeness (QED) is 0.690. The number of pyridine rings is 1. The molecular formula is C10H16N4. The topological polar surface area (TPSA) is 54.2 Å². The fraction of sp³-hybridized carbons (Fsp3) is 0.500. The van der Waals surface area contributed by atoms with E-state index in [1.54, 1.807) is 0 Å². The van der Waals surface area contributed by atoms with Gasteiger partial charge >= 0.3 is 0 Å². The van der Waals surface area contributed by atoms with Crippen molar-refractivity contribution in [1.82, 2.24) is 10.3 Å². The molecule has 1 aliphatic rings. The molecule has 1 aliphatic heterocycles. The predicted molar refractivity (Wildman–Crippen MR) is 57.2 cm³/mol. The lowest BCUT2D eigenvalue weighted by Gasteiger charge is -2.28. The average Bonchev–Trinajstić information content (AvgIpc) is 2.30. The number of anilines is 1. The van der Waals surface area contributed by atoms with Gasteiger partial charge in [0.25, 0.3) is 0 Å². The first-order valence-electron chi connectivity index (χ1n) is 5.02. The molecule has 14 heavy (non-hydrogen) atoms. The zero-order valence-corrected chi connectivity index (χ0v) is 8.24. The van der Waals surface area contributed by atoms with Gasteiger partial charge in [0.1, 0.15) is 5.82 Å². The van der Waals surface area contributed by atoms with E-state index in [0.29, 0.717) is 6.54 Å². The molecule has 76 valence electrons. The standard InChI is InChI=1S/C10H16N4/c11-8-9-2-1-3-10(13-9)14-6-4-12-5-7-14/h1-3,12H,4-8,11H2. The highest BCUT2D eigenvalue weighted by molar-refractivity contribution is 5.39. The minimum atomic E-state index is 0.514. The molecule has 0 aliphatic carbocycles. The van der Waals surface area contributed by atoms with Gasteiger partial charge in [-0.1, -0.05) is 6.07 Å². The summed E-state index contributed by atoms with van der Waals surface area (Å²) in [5.74, 6) is 1.05. The third-order valence-electron chi connectivity index (χ3n) is 2.44. The Kier molecular flexibility index (Phi) is 2.96. The van der Waals surface area contributed by atoms with Gasteiger partial charge in [-0.25, -0.2) is 4.98 Å². The Labute approximate surface area is 84.1 Å². The Morgan fingerprint density at radius 1 is 1.36 bits per heavy atom. The van der Waals surface area contributed by atoms with E-state index in [4.69, 9.17) is 5.73 Å². The Morgan fingerprint density at radius 2 is 2.14 bits per heavy atom. The van der Waals surface area contributed by atoms with Crippen LogP contribution in [0.4, 0.5) is 5.82 Å². The zero-order valence-electron chi connectivity index (χ0n) is 8.24. The summed E-state index contributed by atoms with van der Waals surface area (Å²) in [6.07, 6.45) is 0. The summed E-state index contributed by atoms with van der Waals surface area (Å²) in [5, 5.41) is 3.32. The molecular weight excluding hydrogens is 176 g/mol. The highest BCUT2D eigenvalue weighted by atomic mass is 15.2. The molecule has 2 heterocycles. The number of hydrogen-bond donors (Lipinski definition) is 2. The lowest BCUT2D eigenvalue weighted by Crippen LogP contribution is -2.43. The molecule has 1 aromatic rings. The van der Waals surface area contributed by atoms with Gasteiger partial charge in [-0.05, 0) is 12.1 Å². The Balaban J connectivity index is 2.13. The molecule has 0 atom stereocenters. The molecule has 0 spiro atoms. The minimum Gasteiger partial charge on any atom is -0.354 e. The van der Waals surface area contributed by atoms with Crippen molar-refractivity contribution in [2.45, 2.75) is 6.54 Å². The highest BCUT2D eigenvalue weighted by Gasteiger charge is 2.11. The van der Waals surface area contributed by atoms with Gasteiger partial charge in [-0.3, -0.25) is 0 Å². The van der Waals surface area contributed by atoms with Crippen LogP contribution in [0.3, 0.4) is 0 Å². The molecule has 0 saturated carbocycles. The lowest BCUT2D eigenvalue weighted by atomic mass is 10.3. The van der Waals surface area contributed by atoms with E-state index < -0.39 is 0 Å². The van der Waals surface area contributed by atoms with Crippen LogP contribution in [0.5, 0.6) is 0 Å². The molecule has 4 heteroatoms. The van der Waals surface area contributed by atoms with E-state index >= 15 is 0 Å².